The highest BCUT2D eigenvalue weighted by Crippen LogP contribution is 2.09. The smallest absolute Gasteiger partial charge is 0.327 e. The molecule has 0 heterocycles. The summed E-state index contributed by atoms with van der Waals surface area (Å²) in [6.45, 7) is 0. The Morgan fingerprint density at radius 1 is 1.31 bits per heavy atom. The number of aliphatic carboxylic acids is 1. The summed E-state index contributed by atoms with van der Waals surface area (Å²) < 4.78 is 0.552. The molecule has 0 aromatic rings. The van der Waals surface area contributed by atoms with Gasteiger partial charge in [0.1, 0.15) is 13.9 Å². The van der Waals surface area contributed by atoms with E-state index in [0.29, 0.717) is 3.53 Å². The maximum absolute atomic E-state index is 10.6. The summed E-state index contributed by atoms with van der Waals surface area (Å²) in [6.07, 6.45) is 0. The Labute approximate surface area is 120 Å². The predicted octanol–water partition coefficient (Wildman–Crippen LogP) is 1.68. The molecule has 11 N–H and O–H groups in total. The molecule has 98 valence electrons. The van der Waals surface area contributed by atoms with Gasteiger partial charge in [-0.2, -0.15) is 0 Å². The zero-order valence-electron chi connectivity index (χ0n) is 8.38. The highest BCUT2D eigenvalue weighted by atomic mass is 32.2. The molecule has 11 heteroatoms. The van der Waals surface area contributed by atoms with Crippen LogP contribution in [-0.4, -0.2) is 30.7 Å². The molecular formula is C5H16N4O2S5. The van der Waals surface area contributed by atoms with Crippen LogP contribution < -0.4 is 23.8 Å². The lowest BCUT2D eigenvalue weighted by atomic mass is 10.3. The van der Waals surface area contributed by atoms with E-state index in [0.717, 1.165) is 0 Å². The Hall–Kier alpha value is 0.380. The van der Waals surface area contributed by atoms with Crippen molar-refractivity contribution in [3.8, 4) is 0 Å². The summed E-state index contributed by atoms with van der Waals surface area (Å²) in [5, 5.41) is 11.2. The van der Waals surface area contributed by atoms with Gasteiger partial charge in [0.05, 0.1) is 0 Å². The van der Waals surface area contributed by atoms with E-state index in [4.69, 9.17) is 5.11 Å². The summed E-state index contributed by atoms with van der Waals surface area (Å²) in [7, 11) is 0. The van der Waals surface area contributed by atoms with Gasteiger partial charge < -0.3 is 28.9 Å². The normalized spacial score (nSPS) is 9.62. The van der Waals surface area contributed by atoms with E-state index in [1.165, 1.54) is 11.8 Å². The summed E-state index contributed by atoms with van der Waals surface area (Å²) >= 11 is 18.1. The van der Waals surface area contributed by atoms with Crippen LogP contribution in [0, 0.1) is 0 Å². The second-order valence-electron chi connectivity index (χ2n) is 1.92. The first kappa shape index (κ1) is 25.3. The van der Waals surface area contributed by atoms with E-state index in [-0.39, 0.29) is 28.5 Å². The van der Waals surface area contributed by atoms with Gasteiger partial charge in [0, 0.05) is 5.75 Å². The molecule has 0 aliphatic rings. The van der Waals surface area contributed by atoms with Gasteiger partial charge in [0.25, 0.3) is 0 Å². The second kappa shape index (κ2) is 13.4. The Bertz CT molecular complexity index is 239. The molecule has 0 bridgehead atoms. The molecule has 0 amide bonds. The average molecular weight is 325 g/mol. The van der Waals surface area contributed by atoms with Gasteiger partial charge in [0.15, 0.2) is 0 Å². The van der Waals surface area contributed by atoms with E-state index < -0.39 is 12.0 Å². The van der Waals surface area contributed by atoms with Crippen molar-refractivity contribution in [3.63, 3.8) is 0 Å². The zero-order valence-corrected chi connectivity index (χ0v) is 12.6. The third kappa shape index (κ3) is 14.4. The first-order chi connectivity index (χ1) is 5.93. The third-order valence-corrected chi connectivity index (χ3v) is 2.70. The van der Waals surface area contributed by atoms with Crippen LogP contribution in [0.3, 0.4) is 0 Å². The molecule has 0 spiro atoms. The molecule has 0 saturated heterocycles. The van der Waals surface area contributed by atoms with Crippen LogP contribution >= 0.6 is 61.5 Å². The van der Waals surface area contributed by atoms with Crippen LogP contribution in [0.4, 0.5) is 0 Å². The average Bonchev–Trinajstić information content (AvgIpc) is 1.96. The fraction of sp³-hybridized carbons (Fsp3) is 0.400. The van der Waals surface area contributed by atoms with E-state index >= 15 is 0 Å². The minimum Gasteiger partial charge on any atom is -0.480 e. The number of hydrogen-bond acceptors (Lipinski definition) is 7. The molecule has 16 heavy (non-hydrogen) atoms. The predicted molar refractivity (Wildman–Crippen MR) is 85.3 cm³/mol. The molecule has 0 aromatic heterocycles. The topological polar surface area (TPSA) is 154 Å². The molecule has 0 rings (SSSR count). The van der Waals surface area contributed by atoms with Gasteiger partial charge in [-0.05, 0) is 0 Å². The van der Waals surface area contributed by atoms with Gasteiger partial charge in [0.2, 0.25) is 0 Å². The van der Waals surface area contributed by atoms with Crippen molar-refractivity contribution in [3.05, 3.63) is 0 Å². The zero-order chi connectivity index (χ0) is 10.4. The number of carboxylic acid groups (broad SMARTS) is 1. The maximum atomic E-state index is 10.6. The molecule has 0 aliphatic carbocycles. The van der Waals surface area contributed by atoms with E-state index in [2.05, 4.69) is 55.0 Å². The summed E-state index contributed by atoms with van der Waals surface area (Å²) in [4.78, 5) is 10.6. The lowest BCUT2D eigenvalue weighted by Gasteiger charge is -2.12. The quantitative estimate of drug-likeness (QED) is 0.302. The van der Waals surface area contributed by atoms with Crippen molar-refractivity contribution in [1.29, 1.82) is 0 Å². The fourth-order valence-electron chi connectivity index (χ4n) is 0.478. The van der Waals surface area contributed by atoms with Crippen LogP contribution in [0.25, 0.3) is 0 Å². The number of carboxylic acids is 1. The first-order valence-corrected chi connectivity index (χ1v) is 5.71. The number of hydrogen-bond donors (Lipinski definition) is 7. The van der Waals surface area contributed by atoms with Gasteiger partial charge in [-0.25, -0.2) is 4.79 Å². The molecule has 6 nitrogen and oxygen atoms in total. The Balaban J connectivity index is -0.000000240. The largest absolute Gasteiger partial charge is 0.480 e. The lowest BCUT2D eigenvalue weighted by Crippen LogP contribution is -2.40. The first-order valence-electron chi connectivity index (χ1n) is 3.01. The number of thiol groups is 2. The van der Waals surface area contributed by atoms with Gasteiger partial charge >= 0.3 is 5.97 Å². The standard InChI is InChI=1S/C5H7NO2S5.3H3N/c7-3(8)2(6-4(9)10)1-13-5(11)12;;;/h2H,1H2,(H,7,8)(H,11,12)(H2,6,9,10);3*1H3. The molecule has 1 atom stereocenters. The third-order valence-electron chi connectivity index (χ3n) is 0.969. The number of thiocarbonyl (C=S) groups is 2. The molecule has 1 unspecified atom stereocenters. The van der Waals surface area contributed by atoms with Crippen molar-refractivity contribution in [1.82, 2.24) is 23.8 Å². The molecule has 0 saturated carbocycles. The molecule has 0 radical (unpaired) electrons. The number of carbonyl (C=O) groups is 1. The van der Waals surface area contributed by atoms with Crippen molar-refractivity contribution < 1.29 is 9.90 Å². The minimum atomic E-state index is -0.992. The van der Waals surface area contributed by atoms with E-state index in [1.54, 1.807) is 0 Å². The van der Waals surface area contributed by atoms with Crippen molar-refractivity contribution in [2.45, 2.75) is 6.04 Å². The van der Waals surface area contributed by atoms with E-state index in [1.807, 2.05) is 0 Å². The van der Waals surface area contributed by atoms with Gasteiger partial charge in [-0.15, -0.1) is 37.0 Å². The van der Waals surface area contributed by atoms with Crippen molar-refractivity contribution in [2.75, 3.05) is 5.75 Å². The van der Waals surface area contributed by atoms with E-state index in [9.17, 15) is 4.79 Å². The number of nitrogens with one attached hydrogen (secondary N) is 1. The summed E-state index contributed by atoms with van der Waals surface area (Å²) in [6, 6.07) is -0.778. The minimum absolute atomic E-state index is 0. The van der Waals surface area contributed by atoms with Crippen LogP contribution in [-0.2, 0) is 4.79 Å². The van der Waals surface area contributed by atoms with Crippen LogP contribution in [0.1, 0.15) is 0 Å². The van der Waals surface area contributed by atoms with Crippen molar-refractivity contribution >= 4 is 75.3 Å². The summed E-state index contributed by atoms with van der Waals surface area (Å²) in [5.74, 6) is -0.716. The van der Waals surface area contributed by atoms with Crippen LogP contribution in [0.15, 0.2) is 0 Å². The molecule has 0 aromatic carbocycles. The number of rotatable bonds is 4. The Morgan fingerprint density at radius 3 is 2.00 bits per heavy atom. The lowest BCUT2D eigenvalue weighted by molar-refractivity contribution is -0.138. The molecule has 0 aliphatic heterocycles. The van der Waals surface area contributed by atoms with Crippen LogP contribution in [0.2, 0.25) is 0 Å². The maximum Gasteiger partial charge on any atom is 0.327 e. The Kier molecular flexibility index (Phi) is 21.2. The second-order valence-corrected chi connectivity index (χ2v) is 5.82. The van der Waals surface area contributed by atoms with Crippen LogP contribution in [0.5, 0.6) is 0 Å². The molecular weight excluding hydrogens is 308 g/mol. The fourth-order valence-corrected chi connectivity index (χ4v) is 1.74. The Morgan fingerprint density at radius 2 is 1.75 bits per heavy atom. The summed E-state index contributed by atoms with van der Waals surface area (Å²) in [5.41, 5.74) is 0. The van der Waals surface area contributed by atoms with Crippen molar-refractivity contribution in [2.24, 2.45) is 0 Å². The highest BCUT2D eigenvalue weighted by molar-refractivity contribution is 8.41. The van der Waals surface area contributed by atoms with Gasteiger partial charge in [-0.1, -0.05) is 24.4 Å². The monoisotopic (exact) mass is 324 g/mol. The highest BCUT2D eigenvalue weighted by Gasteiger charge is 2.17. The van der Waals surface area contributed by atoms with Gasteiger partial charge in [-0.3, -0.25) is 0 Å². The number of thioether (sulfide) groups is 1. The molecule has 0 fully saturated rings. The SMILES string of the molecule is N.N.N.O=C(O)C(CSC(=S)S)NC(=S)S.